The van der Waals surface area contributed by atoms with Gasteiger partial charge in [0.05, 0.1) is 24.2 Å². The van der Waals surface area contributed by atoms with Crippen LogP contribution in [0.3, 0.4) is 0 Å². The normalized spacial score (nSPS) is 11.6. The quantitative estimate of drug-likeness (QED) is 0.717. The summed E-state index contributed by atoms with van der Waals surface area (Å²) in [5.41, 5.74) is 2.23. The van der Waals surface area contributed by atoms with E-state index >= 15 is 0 Å². The highest BCUT2D eigenvalue weighted by molar-refractivity contribution is 7.89. The van der Waals surface area contributed by atoms with Crippen molar-refractivity contribution in [3.05, 3.63) is 41.7 Å². The third-order valence-electron chi connectivity index (χ3n) is 3.09. The number of rotatable bonds is 6. The molecule has 8 heteroatoms. The highest BCUT2D eigenvalue weighted by Crippen LogP contribution is 2.22. The lowest BCUT2D eigenvalue weighted by Crippen LogP contribution is -2.14. The third kappa shape index (κ3) is 3.81. The largest absolute Gasteiger partial charge is 0.394 e. The maximum Gasteiger partial charge on any atom is 0.238 e. The van der Waals surface area contributed by atoms with Gasteiger partial charge in [0.25, 0.3) is 0 Å². The standard InChI is InChI=1S/C13H18N4O3S/c1-10-12(3-2-4-13(10)21(14,19)20)15-7-11-8-16-17(9-11)5-6-18/h2-4,8-9,15,18H,5-7H2,1H3,(H2,14,19,20). The zero-order valence-electron chi connectivity index (χ0n) is 11.7. The van der Waals surface area contributed by atoms with Gasteiger partial charge in [-0.2, -0.15) is 5.10 Å². The third-order valence-corrected chi connectivity index (χ3v) is 4.14. The summed E-state index contributed by atoms with van der Waals surface area (Å²) >= 11 is 0. The molecule has 0 amide bonds. The summed E-state index contributed by atoms with van der Waals surface area (Å²) in [7, 11) is -3.73. The lowest BCUT2D eigenvalue weighted by molar-refractivity contribution is 0.269. The number of sulfonamides is 1. The topological polar surface area (TPSA) is 110 Å². The smallest absolute Gasteiger partial charge is 0.238 e. The van der Waals surface area contributed by atoms with Crippen LogP contribution in [0.5, 0.6) is 0 Å². The van der Waals surface area contributed by atoms with Crippen LogP contribution >= 0.6 is 0 Å². The molecule has 2 aromatic rings. The van der Waals surface area contributed by atoms with E-state index in [1.165, 1.54) is 6.07 Å². The number of anilines is 1. The molecule has 0 aliphatic heterocycles. The molecule has 2 rings (SSSR count). The van der Waals surface area contributed by atoms with E-state index in [1.54, 1.807) is 29.9 Å². The van der Waals surface area contributed by atoms with E-state index in [9.17, 15) is 8.42 Å². The van der Waals surface area contributed by atoms with E-state index in [4.69, 9.17) is 10.2 Å². The van der Waals surface area contributed by atoms with Crippen LogP contribution in [0.15, 0.2) is 35.5 Å². The summed E-state index contributed by atoms with van der Waals surface area (Å²) < 4.78 is 24.6. The van der Waals surface area contributed by atoms with Gasteiger partial charge in [-0.1, -0.05) is 6.07 Å². The second kappa shape index (κ2) is 6.25. The van der Waals surface area contributed by atoms with Crippen LogP contribution in [0.1, 0.15) is 11.1 Å². The Morgan fingerprint density at radius 2 is 2.19 bits per heavy atom. The molecular weight excluding hydrogens is 292 g/mol. The van der Waals surface area contributed by atoms with Crippen molar-refractivity contribution in [3.63, 3.8) is 0 Å². The van der Waals surface area contributed by atoms with Crippen molar-refractivity contribution in [2.24, 2.45) is 5.14 Å². The fraction of sp³-hybridized carbons (Fsp3) is 0.308. The number of hydrogen-bond donors (Lipinski definition) is 3. The zero-order valence-corrected chi connectivity index (χ0v) is 12.5. The maximum atomic E-state index is 11.5. The number of nitrogens with zero attached hydrogens (tertiary/aromatic N) is 2. The number of nitrogens with one attached hydrogen (secondary N) is 1. The molecule has 0 unspecified atom stereocenters. The molecule has 0 bridgehead atoms. The second-order valence-corrected chi connectivity index (χ2v) is 6.19. The van der Waals surface area contributed by atoms with Gasteiger partial charge < -0.3 is 10.4 Å². The summed E-state index contributed by atoms with van der Waals surface area (Å²) in [6.45, 7) is 2.68. The van der Waals surface area contributed by atoms with Crippen molar-refractivity contribution in [2.75, 3.05) is 11.9 Å². The average Bonchev–Trinajstić information content (AvgIpc) is 2.84. The average molecular weight is 310 g/mol. The Labute approximate surface area is 123 Å². The fourth-order valence-corrected chi connectivity index (χ4v) is 2.84. The Bertz CT molecular complexity index is 725. The number of primary sulfonamides is 1. The molecule has 0 aliphatic rings. The maximum absolute atomic E-state index is 11.5. The van der Waals surface area contributed by atoms with Crippen molar-refractivity contribution in [1.29, 1.82) is 0 Å². The predicted octanol–water partition coefficient (Wildman–Crippen LogP) is 0.443. The Morgan fingerprint density at radius 1 is 1.43 bits per heavy atom. The van der Waals surface area contributed by atoms with Gasteiger partial charge in [0.2, 0.25) is 10.0 Å². The summed E-state index contributed by atoms with van der Waals surface area (Å²) in [6, 6.07) is 4.92. The first-order chi connectivity index (χ1) is 9.91. The van der Waals surface area contributed by atoms with Crippen LogP contribution in [0.4, 0.5) is 5.69 Å². The molecule has 0 fully saturated rings. The minimum atomic E-state index is -3.73. The molecule has 0 radical (unpaired) electrons. The van der Waals surface area contributed by atoms with Gasteiger partial charge >= 0.3 is 0 Å². The molecule has 4 N–H and O–H groups in total. The molecule has 0 spiro atoms. The molecule has 1 heterocycles. The molecule has 1 aromatic heterocycles. The van der Waals surface area contributed by atoms with Crippen LogP contribution in [-0.4, -0.2) is 29.9 Å². The fourth-order valence-electron chi connectivity index (χ4n) is 2.03. The van der Waals surface area contributed by atoms with Gasteiger partial charge in [-0.15, -0.1) is 0 Å². The van der Waals surface area contributed by atoms with Gasteiger partial charge in [0.15, 0.2) is 0 Å². The molecular formula is C13H18N4O3S. The molecule has 7 nitrogen and oxygen atoms in total. The Balaban J connectivity index is 2.13. The number of benzene rings is 1. The van der Waals surface area contributed by atoms with Crippen molar-refractivity contribution < 1.29 is 13.5 Å². The lowest BCUT2D eigenvalue weighted by atomic mass is 10.2. The molecule has 0 saturated carbocycles. The van der Waals surface area contributed by atoms with Gasteiger partial charge in [-0.25, -0.2) is 13.6 Å². The van der Waals surface area contributed by atoms with E-state index in [0.717, 1.165) is 5.56 Å². The number of hydrogen-bond acceptors (Lipinski definition) is 5. The van der Waals surface area contributed by atoms with Crippen molar-refractivity contribution in [2.45, 2.75) is 24.9 Å². The van der Waals surface area contributed by atoms with E-state index in [0.29, 0.717) is 24.3 Å². The Kier molecular flexibility index (Phi) is 4.61. The minimum absolute atomic E-state index is 0.0318. The first-order valence-corrected chi connectivity index (χ1v) is 7.95. The predicted molar refractivity (Wildman–Crippen MR) is 79.2 cm³/mol. The van der Waals surface area contributed by atoms with Gasteiger partial charge in [0.1, 0.15) is 0 Å². The lowest BCUT2D eigenvalue weighted by Gasteiger charge is -2.11. The first-order valence-electron chi connectivity index (χ1n) is 6.40. The second-order valence-electron chi connectivity index (χ2n) is 4.66. The highest BCUT2D eigenvalue weighted by Gasteiger charge is 2.13. The highest BCUT2D eigenvalue weighted by atomic mass is 32.2. The molecule has 0 atom stereocenters. The minimum Gasteiger partial charge on any atom is -0.394 e. The van der Waals surface area contributed by atoms with Crippen LogP contribution in [0.25, 0.3) is 0 Å². The van der Waals surface area contributed by atoms with E-state index in [2.05, 4.69) is 10.4 Å². The summed E-state index contributed by atoms with van der Waals surface area (Å²) in [5, 5.41) is 21.3. The van der Waals surface area contributed by atoms with E-state index < -0.39 is 10.0 Å². The van der Waals surface area contributed by atoms with Gasteiger partial charge in [-0.05, 0) is 24.6 Å². The van der Waals surface area contributed by atoms with Crippen LogP contribution in [0, 0.1) is 6.92 Å². The number of aliphatic hydroxyl groups is 1. The van der Waals surface area contributed by atoms with Gasteiger partial charge in [-0.3, -0.25) is 4.68 Å². The molecule has 21 heavy (non-hydrogen) atoms. The SMILES string of the molecule is Cc1c(NCc2cnn(CCO)c2)cccc1S(N)(=O)=O. The zero-order chi connectivity index (χ0) is 15.5. The van der Waals surface area contributed by atoms with Crippen molar-refractivity contribution in [3.8, 4) is 0 Å². The summed E-state index contributed by atoms with van der Waals surface area (Å²) in [5.74, 6) is 0. The molecule has 0 saturated heterocycles. The molecule has 0 aliphatic carbocycles. The van der Waals surface area contributed by atoms with Crippen LogP contribution in [-0.2, 0) is 23.1 Å². The number of aromatic nitrogens is 2. The van der Waals surface area contributed by atoms with E-state index in [1.807, 2.05) is 6.20 Å². The van der Waals surface area contributed by atoms with Gasteiger partial charge in [0, 0.05) is 24.0 Å². The monoisotopic (exact) mass is 310 g/mol. The molecule has 114 valence electrons. The summed E-state index contributed by atoms with van der Waals surface area (Å²) in [6.07, 6.45) is 3.52. The Hall–Kier alpha value is -1.90. The number of nitrogens with two attached hydrogens (primary N) is 1. The molecule has 1 aromatic carbocycles. The first kappa shape index (κ1) is 15.5. The van der Waals surface area contributed by atoms with E-state index in [-0.39, 0.29) is 11.5 Å². The van der Waals surface area contributed by atoms with Crippen molar-refractivity contribution in [1.82, 2.24) is 9.78 Å². The van der Waals surface area contributed by atoms with Crippen molar-refractivity contribution >= 4 is 15.7 Å². The summed E-state index contributed by atoms with van der Waals surface area (Å²) in [4.78, 5) is 0.114. The van der Waals surface area contributed by atoms with Crippen LogP contribution in [0.2, 0.25) is 0 Å². The Morgan fingerprint density at radius 3 is 2.86 bits per heavy atom. The number of aliphatic hydroxyl groups excluding tert-OH is 1. The van der Waals surface area contributed by atoms with Crippen LogP contribution < -0.4 is 10.5 Å².